The van der Waals surface area contributed by atoms with E-state index >= 15 is 0 Å². The highest BCUT2D eigenvalue weighted by Gasteiger charge is 2.35. The van der Waals surface area contributed by atoms with Gasteiger partial charge in [-0.05, 0) is 18.8 Å². The molecule has 0 aromatic carbocycles. The summed E-state index contributed by atoms with van der Waals surface area (Å²) in [7, 11) is 0. The van der Waals surface area contributed by atoms with Crippen molar-refractivity contribution in [2.75, 3.05) is 0 Å². The standard InChI is InChI=1S/C7H10N2/c1-5-2-6(3-5)7-8-4-9-7/h4-6H,2-3H2,1H3/p+1/t5-,6+. The fourth-order valence-corrected chi connectivity index (χ4v) is 1.49. The van der Waals surface area contributed by atoms with Crippen LogP contribution in [-0.2, 0) is 0 Å². The van der Waals surface area contributed by atoms with Crippen LogP contribution in [0, 0.1) is 11.8 Å². The molecule has 0 saturated heterocycles. The molecule has 1 aliphatic carbocycles. The van der Waals surface area contributed by atoms with Gasteiger partial charge in [0.05, 0.1) is 5.92 Å². The lowest BCUT2D eigenvalue weighted by Gasteiger charge is -2.30. The number of nitrogens with zero attached hydrogens (tertiary/aromatic N) is 1. The quantitative estimate of drug-likeness (QED) is 0.493. The van der Waals surface area contributed by atoms with E-state index in [9.17, 15) is 0 Å². The Morgan fingerprint density at radius 2 is 2.33 bits per heavy atom. The lowest BCUT2D eigenvalue weighted by Crippen LogP contribution is -2.45. The zero-order valence-corrected chi connectivity index (χ0v) is 5.59. The first-order valence-corrected chi connectivity index (χ1v) is 3.52. The third-order valence-electron chi connectivity index (χ3n) is 2.18. The highest BCUT2D eigenvalue weighted by atomic mass is 15.1. The van der Waals surface area contributed by atoms with Gasteiger partial charge in [0.15, 0.2) is 0 Å². The zero-order chi connectivity index (χ0) is 6.27. The monoisotopic (exact) mass is 123 g/mol. The van der Waals surface area contributed by atoms with Gasteiger partial charge in [-0.3, -0.25) is 0 Å². The van der Waals surface area contributed by atoms with Crippen LogP contribution in [0.1, 0.15) is 19.8 Å². The first-order chi connectivity index (χ1) is 4.36. The minimum absolute atomic E-state index is 0.769. The molecule has 1 N–H and O–H groups in total. The van der Waals surface area contributed by atoms with Crippen LogP contribution in [0.5, 0.6) is 0 Å². The molecule has 2 rings (SSSR count). The van der Waals surface area contributed by atoms with E-state index in [1.54, 1.807) is 6.34 Å². The minimum atomic E-state index is 0.769. The molecule has 0 radical (unpaired) electrons. The minimum Gasteiger partial charge on any atom is -0.243 e. The molecule has 0 atom stereocenters. The van der Waals surface area contributed by atoms with E-state index < -0.39 is 0 Å². The van der Waals surface area contributed by atoms with Crippen molar-refractivity contribution in [2.45, 2.75) is 19.8 Å². The van der Waals surface area contributed by atoms with Crippen LogP contribution in [0.25, 0.3) is 0 Å². The average Bonchev–Trinajstić information content (AvgIpc) is 1.57. The van der Waals surface area contributed by atoms with Crippen molar-refractivity contribution in [3.05, 3.63) is 0 Å². The second-order valence-corrected chi connectivity index (χ2v) is 3.06. The van der Waals surface area contributed by atoms with Crippen LogP contribution in [0.2, 0.25) is 0 Å². The van der Waals surface area contributed by atoms with Crippen molar-refractivity contribution in [1.82, 2.24) is 9.98 Å². The molecule has 2 nitrogen and oxygen atoms in total. The normalized spacial score (nSPS) is 38.1. The Bertz CT molecular complexity index is 183. The molecule has 2 aliphatic rings. The summed E-state index contributed by atoms with van der Waals surface area (Å²) in [6.07, 6.45) is 4.43. The van der Waals surface area contributed by atoms with Gasteiger partial charge in [-0.25, -0.2) is 9.98 Å². The number of amidine groups is 1. The van der Waals surface area contributed by atoms with E-state index in [0.29, 0.717) is 0 Å². The Morgan fingerprint density at radius 3 is 2.67 bits per heavy atom. The summed E-state index contributed by atoms with van der Waals surface area (Å²) in [6.45, 7) is 2.29. The van der Waals surface area contributed by atoms with E-state index in [-0.39, 0.29) is 0 Å². The molecule has 0 aromatic heterocycles. The summed E-state index contributed by atoms with van der Waals surface area (Å²) < 4.78 is 4.11. The van der Waals surface area contributed by atoms with Crippen LogP contribution < -0.4 is 9.98 Å². The molecular weight excluding hydrogens is 112 g/mol. The third-order valence-corrected chi connectivity index (χ3v) is 2.18. The zero-order valence-electron chi connectivity index (χ0n) is 5.59. The van der Waals surface area contributed by atoms with Gasteiger partial charge >= 0.3 is 0 Å². The highest BCUT2D eigenvalue weighted by Crippen LogP contribution is 2.32. The van der Waals surface area contributed by atoms with Crippen LogP contribution in [0.15, 0.2) is 0 Å². The average molecular weight is 123 g/mol. The summed E-state index contributed by atoms with van der Waals surface area (Å²) in [5.41, 5.74) is 0. The van der Waals surface area contributed by atoms with Gasteiger partial charge in [0, 0.05) is 0 Å². The van der Waals surface area contributed by atoms with Gasteiger partial charge in [0.25, 0.3) is 12.2 Å². The molecule has 0 unspecified atom stereocenters. The maximum atomic E-state index is 4.11. The molecular formula is C7H11N2+. The molecule has 0 spiro atoms. The molecule has 1 heterocycles. The van der Waals surface area contributed by atoms with Crippen LogP contribution in [-0.4, -0.2) is 12.2 Å². The third kappa shape index (κ3) is 0.672. The Balaban J connectivity index is 1.96. The summed E-state index contributed by atoms with van der Waals surface area (Å²) in [4.78, 5) is 0. The number of nitrogens with one attached hydrogen (secondary N) is 1. The molecule has 48 valence electrons. The predicted octanol–water partition coefficient (Wildman–Crippen LogP) is 0.130. The van der Waals surface area contributed by atoms with E-state index in [4.69, 9.17) is 0 Å². The maximum absolute atomic E-state index is 4.11. The smallest absolute Gasteiger partial charge is 0.243 e. The summed E-state index contributed by atoms with van der Waals surface area (Å²) in [5, 5.41) is 3.09. The molecule has 1 fully saturated rings. The lowest BCUT2D eigenvalue weighted by molar-refractivity contribution is 0.277. The summed E-state index contributed by atoms with van der Waals surface area (Å²) in [5.74, 6) is 2.91. The van der Waals surface area contributed by atoms with E-state index in [1.807, 2.05) is 0 Å². The fourth-order valence-electron chi connectivity index (χ4n) is 1.49. The van der Waals surface area contributed by atoms with Gasteiger partial charge in [-0.15, -0.1) is 0 Å². The largest absolute Gasteiger partial charge is 0.294 e. The van der Waals surface area contributed by atoms with Crippen molar-refractivity contribution >= 4 is 12.2 Å². The van der Waals surface area contributed by atoms with Crippen LogP contribution in [0.3, 0.4) is 0 Å². The van der Waals surface area contributed by atoms with Crippen LogP contribution >= 0.6 is 0 Å². The number of hydrogen-bond acceptors (Lipinski definition) is 1. The first-order valence-electron chi connectivity index (χ1n) is 3.52. The molecule has 1 aliphatic heterocycles. The summed E-state index contributed by atoms with van der Waals surface area (Å²) >= 11 is 0. The molecule has 0 amide bonds. The van der Waals surface area contributed by atoms with E-state index in [1.165, 1.54) is 18.7 Å². The Kier molecular flexibility index (Phi) is 0.908. The predicted molar refractivity (Wildman–Crippen MR) is 38.2 cm³/mol. The Labute approximate surface area is 54.7 Å². The molecule has 9 heavy (non-hydrogen) atoms. The molecule has 1 saturated carbocycles. The molecule has 0 bridgehead atoms. The van der Waals surface area contributed by atoms with E-state index in [2.05, 4.69) is 16.9 Å². The fraction of sp³-hybridized carbons (Fsp3) is 0.714. The van der Waals surface area contributed by atoms with Gasteiger partial charge in [0.1, 0.15) is 0 Å². The van der Waals surface area contributed by atoms with Crippen molar-refractivity contribution in [3.8, 4) is 0 Å². The van der Waals surface area contributed by atoms with Crippen molar-refractivity contribution in [1.29, 1.82) is 0 Å². The lowest BCUT2D eigenvalue weighted by atomic mass is 9.75. The second-order valence-electron chi connectivity index (χ2n) is 3.06. The topological polar surface area (TPSA) is 26.1 Å². The van der Waals surface area contributed by atoms with Gasteiger partial charge < -0.3 is 0 Å². The van der Waals surface area contributed by atoms with Crippen molar-refractivity contribution < 1.29 is 0 Å². The van der Waals surface area contributed by atoms with Gasteiger partial charge in [0.2, 0.25) is 0 Å². The molecule has 0 aromatic rings. The SMILES string of the molecule is C[C@H]1C[C@@H](C2=[N+]=CN2)C1. The number of hydrogen-bond donors (Lipinski definition) is 1. The summed E-state index contributed by atoms with van der Waals surface area (Å²) in [6, 6.07) is 0. The Morgan fingerprint density at radius 1 is 1.67 bits per heavy atom. The number of rotatable bonds is 1. The van der Waals surface area contributed by atoms with Gasteiger partial charge in [-0.2, -0.15) is 0 Å². The van der Waals surface area contributed by atoms with Gasteiger partial charge in [-0.1, -0.05) is 6.92 Å². The van der Waals surface area contributed by atoms with E-state index in [0.717, 1.165) is 11.8 Å². The second kappa shape index (κ2) is 1.61. The van der Waals surface area contributed by atoms with Crippen molar-refractivity contribution in [3.63, 3.8) is 0 Å². The Hall–Kier alpha value is -0.750. The first kappa shape index (κ1) is 5.07. The van der Waals surface area contributed by atoms with Crippen molar-refractivity contribution in [2.24, 2.45) is 11.8 Å². The highest BCUT2D eigenvalue weighted by molar-refractivity contribution is 6.00. The molecule has 2 heteroatoms. The van der Waals surface area contributed by atoms with Crippen LogP contribution in [0.4, 0.5) is 0 Å². The maximum Gasteiger partial charge on any atom is 0.294 e.